The number of hydrogen-bond donors (Lipinski definition) is 0. The lowest BCUT2D eigenvalue weighted by Gasteiger charge is -2.16. The Labute approximate surface area is 204 Å². The molecule has 2 aromatic carbocycles. The largest absolute Gasteiger partial charge is 0.337 e. The van der Waals surface area contributed by atoms with Crippen molar-refractivity contribution in [1.29, 1.82) is 0 Å². The molecule has 3 aromatic rings. The number of nitrogens with zero attached hydrogens (tertiary/aromatic N) is 4. The van der Waals surface area contributed by atoms with E-state index in [9.17, 15) is 4.79 Å². The van der Waals surface area contributed by atoms with Gasteiger partial charge in [-0.05, 0) is 61.5 Å². The quantitative estimate of drug-likeness (QED) is 0.360. The third kappa shape index (κ3) is 3.94. The molecule has 32 heavy (non-hydrogen) atoms. The van der Waals surface area contributed by atoms with Gasteiger partial charge in [0.1, 0.15) is 4.91 Å². The zero-order valence-corrected chi connectivity index (χ0v) is 21.1. The van der Waals surface area contributed by atoms with Gasteiger partial charge in [-0.2, -0.15) is 0 Å². The molecule has 164 valence electrons. The van der Waals surface area contributed by atoms with Crippen LogP contribution in [0.1, 0.15) is 24.8 Å². The molecule has 0 bridgehead atoms. The highest BCUT2D eigenvalue weighted by Crippen LogP contribution is 2.50. The summed E-state index contributed by atoms with van der Waals surface area (Å²) in [5.74, 6) is 0.0148. The summed E-state index contributed by atoms with van der Waals surface area (Å²) in [6, 6.07) is 11.9. The number of amides is 1. The first-order chi connectivity index (χ1) is 15.4. The van der Waals surface area contributed by atoms with Crippen LogP contribution in [0.5, 0.6) is 0 Å². The highest BCUT2D eigenvalue weighted by Gasteiger charge is 2.38. The van der Waals surface area contributed by atoms with Crippen molar-refractivity contribution in [3.8, 4) is 0 Å². The van der Waals surface area contributed by atoms with E-state index in [1.54, 1.807) is 23.1 Å². The van der Waals surface area contributed by atoms with Gasteiger partial charge in [0.2, 0.25) is 0 Å². The zero-order valence-electron chi connectivity index (χ0n) is 17.9. The molecule has 1 saturated heterocycles. The Kier molecular flexibility index (Phi) is 5.96. The van der Waals surface area contributed by atoms with Gasteiger partial charge in [0.25, 0.3) is 5.91 Å². The van der Waals surface area contributed by atoms with Crippen molar-refractivity contribution < 1.29 is 4.79 Å². The van der Waals surface area contributed by atoms with E-state index in [0.717, 1.165) is 54.5 Å². The van der Waals surface area contributed by atoms with E-state index in [4.69, 9.17) is 16.6 Å². The van der Waals surface area contributed by atoms with Crippen LogP contribution in [0.2, 0.25) is 5.02 Å². The first-order valence-corrected chi connectivity index (χ1v) is 13.2. The molecule has 2 aliphatic heterocycles. The molecule has 2 aliphatic rings. The normalized spacial score (nSPS) is 19.6. The molecule has 1 fully saturated rings. The van der Waals surface area contributed by atoms with Crippen LogP contribution in [0.15, 0.2) is 56.2 Å². The Morgan fingerprint density at radius 3 is 2.81 bits per heavy atom. The summed E-state index contributed by atoms with van der Waals surface area (Å²) in [6.07, 6.45) is 1.94. The number of aromatic nitrogens is 1. The molecule has 0 spiro atoms. The maximum absolute atomic E-state index is 13.5. The fourth-order valence-electron chi connectivity index (χ4n) is 3.66. The van der Waals surface area contributed by atoms with Crippen molar-refractivity contribution >= 4 is 79.1 Å². The SMILES string of the molecule is CCCCN1C(=O)C(=C2Sc3ccc(Cl)cc3N2C)SC1=Nc1ccc2sc(C)nc2c1. The lowest BCUT2D eigenvalue weighted by atomic mass is 10.3. The van der Waals surface area contributed by atoms with Crippen molar-refractivity contribution in [2.75, 3.05) is 18.5 Å². The molecule has 3 heterocycles. The minimum Gasteiger partial charge on any atom is -0.337 e. The lowest BCUT2D eigenvalue weighted by molar-refractivity contribution is -0.122. The van der Waals surface area contributed by atoms with E-state index >= 15 is 0 Å². The van der Waals surface area contributed by atoms with Crippen LogP contribution in [0.25, 0.3) is 10.2 Å². The molecule has 0 unspecified atom stereocenters. The Morgan fingerprint density at radius 2 is 2.00 bits per heavy atom. The zero-order chi connectivity index (χ0) is 22.4. The number of anilines is 1. The number of rotatable bonds is 4. The van der Waals surface area contributed by atoms with Gasteiger partial charge >= 0.3 is 0 Å². The van der Waals surface area contributed by atoms with Crippen LogP contribution in [-0.2, 0) is 4.79 Å². The molecule has 0 saturated carbocycles. The van der Waals surface area contributed by atoms with Crippen molar-refractivity contribution in [3.05, 3.63) is 56.4 Å². The molecule has 0 radical (unpaired) electrons. The van der Waals surface area contributed by atoms with Crippen molar-refractivity contribution in [3.63, 3.8) is 0 Å². The first-order valence-electron chi connectivity index (χ1n) is 10.4. The Morgan fingerprint density at radius 1 is 1.16 bits per heavy atom. The molecular weight excluding hydrogens is 480 g/mol. The second-order valence-electron chi connectivity index (χ2n) is 7.60. The average Bonchev–Trinajstić information content (AvgIpc) is 3.39. The number of aryl methyl sites for hydroxylation is 1. The maximum atomic E-state index is 13.5. The summed E-state index contributed by atoms with van der Waals surface area (Å²) in [4.78, 5) is 28.6. The van der Waals surface area contributed by atoms with Gasteiger partial charge < -0.3 is 4.90 Å². The Hall–Kier alpha value is -2.00. The van der Waals surface area contributed by atoms with E-state index in [-0.39, 0.29) is 5.91 Å². The average molecular weight is 501 g/mol. The fraction of sp³-hybridized carbons (Fsp3) is 0.261. The number of halogens is 1. The molecule has 1 amide bonds. The van der Waals surface area contributed by atoms with E-state index in [0.29, 0.717) is 16.5 Å². The van der Waals surface area contributed by atoms with Crippen molar-refractivity contribution in [1.82, 2.24) is 9.88 Å². The van der Waals surface area contributed by atoms with Gasteiger partial charge in [0.05, 0.1) is 31.6 Å². The van der Waals surface area contributed by atoms with Crippen LogP contribution in [0.4, 0.5) is 11.4 Å². The van der Waals surface area contributed by atoms with Crippen molar-refractivity contribution in [2.45, 2.75) is 31.6 Å². The molecule has 1 aromatic heterocycles. The molecule has 9 heteroatoms. The van der Waals surface area contributed by atoms with E-state index in [2.05, 4.69) is 22.9 Å². The van der Waals surface area contributed by atoms with Gasteiger partial charge in [-0.15, -0.1) is 11.3 Å². The third-order valence-electron chi connectivity index (χ3n) is 5.29. The van der Waals surface area contributed by atoms with Gasteiger partial charge in [0.15, 0.2) is 5.17 Å². The first kappa shape index (κ1) is 21.8. The van der Waals surface area contributed by atoms with E-state index < -0.39 is 0 Å². The maximum Gasteiger partial charge on any atom is 0.269 e. The van der Waals surface area contributed by atoms with Crippen molar-refractivity contribution in [2.24, 2.45) is 4.99 Å². The third-order valence-corrected chi connectivity index (χ3v) is 8.91. The lowest BCUT2D eigenvalue weighted by Crippen LogP contribution is -2.30. The van der Waals surface area contributed by atoms with Crippen LogP contribution < -0.4 is 4.90 Å². The summed E-state index contributed by atoms with van der Waals surface area (Å²) >= 11 is 10.9. The number of unbranched alkanes of at least 4 members (excludes halogenated alkanes) is 1. The summed E-state index contributed by atoms with van der Waals surface area (Å²) in [7, 11) is 1.98. The minimum absolute atomic E-state index is 0.0148. The van der Waals surface area contributed by atoms with Gasteiger partial charge in [-0.1, -0.05) is 36.7 Å². The molecule has 0 atom stereocenters. The highest BCUT2D eigenvalue weighted by molar-refractivity contribution is 8.19. The number of thioether (sulfide) groups is 2. The smallest absolute Gasteiger partial charge is 0.269 e. The Bertz CT molecular complexity index is 1300. The molecule has 0 aliphatic carbocycles. The number of hydrogen-bond acceptors (Lipinski definition) is 7. The number of amidine groups is 1. The number of fused-ring (bicyclic) bond motifs is 2. The van der Waals surface area contributed by atoms with Crippen LogP contribution in [0, 0.1) is 6.92 Å². The number of thiazole rings is 1. The molecule has 0 N–H and O–H groups in total. The van der Waals surface area contributed by atoms with Crippen LogP contribution >= 0.6 is 46.5 Å². The minimum atomic E-state index is 0.0148. The van der Waals surface area contributed by atoms with Gasteiger partial charge in [0, 0.05) is 23.5 Å². The van der Waals surface area contributed by atoms with Crippen LogP contribution in [-0.4, -0.2) is 34.6 Å². The monoisotopic (exact) mass is 500 g/mol. The molecule has 5 rings (SSSR count). The van der Waals surface area contributed by atoms with E-state index in [1.807, 2.05) is 49.2 Å². The number of carbonyl (C=O) groups excluding carboxylic acids is 1. The predicted molar refractivity (Wildman–Crippen MR) is 138 cm³/mol. The Balaban J connectivity index is 1.53. The van der Waals surface area contributed by atoms with E-state index in [1.165, 1.54) is 11.8 Å². The molecule has 5 nitrogen and oxygen atoms in total. The van der Waals surface area contributed by atoms with Gasteiger partial charge in [-0.25, -0.2) is 9.98 Å². The van der Waals surface area contributed by atoms with Gasteiger partial charge in [-0.3, -0.25) is 9.69 Å². The summed E-state index contributed by atoms with van der Waals surface area (Å²) in [6.45, 7) is 4.79. The second kappa shape index (κ2) is 8.74. The molecular formula is C23H21ClN4OS3. The standard InChI is InChI=1S/C23H21ClN4OS3/c1-4-5-10-28-21(29)20(22-27(3)17-11-14(24)6-8-19(17)31-22)32-23(28)26-15-7-9-18-16(12-15)25-13(2)30-18/h6-9,11-12H,4-5,10H2,1-3H3. The number of benzene rings is 2. The fourth-order valence-corrected chi connectivity index (χ4v) is 6.99. The topological polar surface area (TPSA) is 48.8 Å². The summed E-state index contributed by atoms with van der Waals surface area (Å²) in [5, 5.41) is 3.37. The highest BCUT2D eigenvalue weighted by atomic mass is 35.5. The number of aliphatic imine (C=N–C) groups is 1. The predicted octanol–water partition coefficient (Wildman–Crippen LogP) is 7.03. The second-order valence-corrected chi connectivity index (χ2v) is 11.3. The number of carbonyl (C=O) groups is 1. The summed E-state index contributed by atoms with van der Waals surface area (Å²) in [5.41, 5.74) is 2.78. The summed E-state index contributed by atoms with van der Waals surface area (Å²) < 4.78 is 1.15. The van der Waals surface area contributed by atoms with Crippen LogP contribution in [0.3, 0.4) is 0 Å².